The topological polar surface area (TPSA) is 23.8 Å². The fraction of sp³-hybridized carbons (Fsp3) is 0.276. The van der Waals surface area contributed by atoms with E-state index in [0.29, 0.717) is 0 Å². The molecule has 0 radical (unpaired) electrons. The molecule has 0 aliphatic carbocycles. The van der Waals surface area contributed by atoms with Crippen LogP contribution in [0.1, 0.15) is 61.1 Å². The lowest BCUT2D eigenvalue weighted by molar-refractivity contribution is 1.35. The zero-order valence-corrected chi connectivity index (χ0v) is 24.4. The van der Waals surface area contributed by atoms with Gasteiger partial charge in [0.2, 0.25) is 0 Å². The molecule has 1 nitrogen and oxygen atoms in total. The summed E-state index contributed by atoms with van der Waals surface area (Å²) in [5.41, 5.74) is 8.34. The minimum atomic E-state index is 0.720. The summed E-state index contributed by atoms with van der Waals surface area (Å²) >= 11 is 10.4. The molecule has 3 heterocycles. The maximum Gasteiger partial charge on any atom is 0.0944 e. The van der Waals surface area contributed by atoms with Gasteiger partial charge in [0.15, 0.2) is 0 Å². The lowest BCUT2D eigenvalue weighted by Crippen LogP contribution is -1.75. The summed E-state index contributed by atoms with van der Waals surface area (Å²) in [6.07, 6.45) is 8.57. The molecule has 0 bridgehead atoms. The van der Waals surface area contributed by atoms with Gasteiger partial charge in [0.25, 0.3) is 0 Å². The van der Waals surface area contributed by atoms with Gasteiger partial charge in [-0.1, -0.05) is 29.4 Å². The average Bonchev–Trinajstić information content (AvgIpc) is 3.41. The Morgan fingerprint density at radius 2 is 1.50 bits per heavy atom. The van der Waals surface area contributed by atoms with E-state index in [9.17, 15) is 0 Å². The van der Waals surface area contributed by atoms with Crippen LogP contribution in [0.4, 0.5) is 0 Å². The Hall–Kier alpha value is -2.10. The van der Waals surface area contributed by atoms with Crippen molar-refractivity contribution in [2.45, 2.75) is 60.3 Å². The maximum absolute atomic E-state index is 9.13. The summed E-state index contributed by atoms with van der Waals surface area (Å²) in [5.74, 6) is 0. The van der Waals surface area contributed by atoms with Crippen molar-refractivity contribution >= 4 is 58.3 Å². The highest BCUT2D eigenvalue weighted by molar-refractivity contribution is 7.80. The van der Waals surface area contributed by atoms with Crippen LogP contribution in [-0.4, -0.2) is 0 Å². The first-order valence-electron chi connectivity index (χ1n) is 11.1. The molecule has 5 heteroatoms. The summed E-state index contributed by atoms with van der Waals surface area (Å²) in [7, 11) is 0. The summed E-state index contributed by atoms with van der Waals surface area (Å²) in [4.78, 5) is 8.55. The van der Waals surface area contributed by atoms with Crippen molar-refractivity contribution in [1.82, 2.24) is 0 Å². The van der Waals surface area contributed by atoms with Crippen molar-refractivity contribution in [1.29, 1.82) is 5.26 Å². The zero-order valence-electron chi connectivity index (χ0n) is 21.1. The van der Waals surface area contributed by atoms with E-state index in [4.69, 9.17) is 17.9 Å². The molecule has 0 saturated heterocycles. The third-order valence-electron chi connectivity index (χ3n) is 5.42. The van der Waals surface area contributed by atoms with Crippen LogP contribution in [0.15, 0.2) is 52.0 Å². The first-order valence-corrected chi connectivity index (χ1v) is 14.0. The van der Waals surface area contributed by atoms with E-state index in [2.05, 4.69) is 84.9 Å². The fourth-order valence-corrected chi connectivity index (χ4v) is 8.17. The van der Waals surface area contributed by atoms with Crippen LogP contribution in [0.2, 0.25) is 0 Å². The molecular formula is C29H31NS4. The van der Waals surface area contributed by atoms with Gasteiger partial charge in [0.05, 0.1) is 10.9 Å². The third-order valence-corrected chi connectivity index (χ3v) is 10.3. The van der Waals surface area contributed by atoms with Gasteiger partial charge in [0, 0.05) is 34.9 Å². The molecule has 3 aromatic rings. The molecule has 0 unspecified atom stereocenters. The van der Waals surface area contributed by atoms with Crippen molar-refractivity contribution in [3.63, 3.8) is 0 Å². The summed E-state index contributed by atoms with van der Waals surface area (Å²) in [5, 5.41) is 9.13. The van der Waals surface area contributed by atoms with Gasteiger partial charge in [-0.25, -0.2) is 0 Å². The molecule has 0 aliphatic rings. The average molecular weight is 522 g/mol. The van der Waals surface area contributed by atoms with Crippen molar-refractivity contribution in [2.75, 3.05) is 0 Å². The van der Waals surface area contributed by atoms with Crippen LogP contribution in [0.3, 0.4) is 0 Å². The van der Waals surface area contributed by atoms with Crippen LogP contribution >= 0.6 is 46.6 Å². The number of thiophene rings is 3. The van der Waals surface area contributed by atoms with Gasteiger partial charge in [-0.05, 0) is 95.9 Å². The second-order valence-electron chi connectivity index (χ2n) is 8.94. The molecule has 0 saturated carbocycles. The van der Waals surface area contributed by atoms with E-state index in [1.807, 2.05) is 35.7 Å². The molecule has 0 spiro atoms. The van der Waals surface area contributed by atoms with E-state index in [0.717, 1.165) is 15.3 Å². The predicted molar refractivity (Wildman–Crippen MR) is 159 cm³/mol. The van der Waals surface area contributed by atoms with Crippen LogP contribution in [0.5, 0.6) is 0 Å². The van der Waals surface area contributed by atoms with E-state index in [1.165, 1.54) is 57.8 Å². The number of nitriles is 1. The molecule has 3 aromatic heterocycles. The van der Waals surface area contributed by atoms with Crippen molar-refractivity contribution in [3.05, 3.63) is 73.5 Å². The molecule has 0 N–H and O–H groups in total. The maximum atomic E-state index is 9.13. The highest BCUT2D eigenvalue weighted by atomic mass is 32.1. The van der Waals surface area contributed by atoms with Crippen molar-refractivity contribution < 1.29 is 0 Å². The highest BCUT2D eigenvalue weighted by Gasteiger charge is 2.21. The molecule has 0 amide bonds. The number of hydrogen-bond acceptors (Lipinski definition) is 5. The minimum Gasteiger partial charge on any atom is -0.193 e. The van der Waals surface area contributed by atoms with E-state index in [-0.39, 0.29) is 0 Å². The van der Waals surface area contributed by atoms with Gasteiger partial charge >= 0.3 is 0 Å². The molecule has 0 atom stereocenters. The Labute approximate surface area is 221 Å². The highest BCUT2D eigenvalue weighted by Crippen LogP contribution is 2.49. The monoisotopic (exact) mass is 521 g/mol. The molecule has 34 heavy (non-hydrogen) atoms. The normalized spacial score (nSPS) is 12.8. The number of hydrogen-bond donors (Lipinski definition) is 1. The largest absolute Gasteiger partial charge is 0.193 e. The fourth-order valence-electron chi connectivity index (χ4n) is 3.67. The zero-order chi connectivity index (χ0) is 25.2. The Kier molecular flexibility index (Phi) is 8.65. The van der Waals surface area contributed by atoms with Crippen LogP contribution in [0, 0.1) is 32.1 Å². The lowest BCUT2D eigenvalue weighted by atomic mass is 10.1. The van der Waals surface area contributed by atoms with E-state index in [1.54, 1.807) is 11.3 Å². The molecule has 3 rings (SSSR count). The van der Waals surface area contributed by atoms with Gasteiger partial charge in [0.1, 0.15) is 0 Å². The van der Waals surface area contributed by atoms with Crippen LogP contribution < -0.4 is 0 Å². The Morgan fingerprint density at radius 3 is 2.15 bits per heavy atom. The summed E-state index contributed by atoms with van der Waals surface area (Å²) < 4.78 is 0. The first kappa shape index (κ1) is 26.5. The van der Waals surface area contributed by atoms with E-state index < -0.39 is 0 Å². The Morgan fingerprint density at radius 1 is 0.853 bits per heavy atom. The van der Waals surface area contributed by atoms with Crippen molar-refractivity contribution in [3.8, 4) is 25.6 Å². The Balaban J connectivity index is 2.01. The van der Waals surface area contributed by atoms with Gasteiger partial charge in [-0.3, -0.25) is 0 Å². The summed E-state index contributed by atoms with van der Waals surface area (Å²) in [6, 6.07) is 6.68. The van der Waals surface area contributed by atoms with Gasteiger partial charge in [-0.2, -0.15) is 5.26 Å². The predicted octanol–water partition coefficient (Wildman–Crippen LogP) is 10.7. The molecule has 0 fully saturated rings. The molecule has 0 aromatic carbocycles. The number of rotatable bonds is 6. The van der Waals surface area contributed by atoms with Crippen LogP contribution in [0.25, 0.3) is 31.2 Å². The quantitative estimate of drug-likeness (QED) is 0.195. The first-order chi connectivity index (χ1) is 16.0. The van der Waals surface area contributed by atoms with Crippen LogP contribution in [-0.2, 0) is 0 Å². The molecule has 0 aliphatic heterocycles. The second kappa shape index (κ2) is 11.1. The lowest BCUT2D eigenvalue weighted by Gasteiger charge is -1.98. The van der Waals surface area contributed by atoms with Crippen molar-refractivity contribution in [2.24, 2.45) is 0 Å². The Bertz CT molecular complexity index is 1390. The van der Waals surface area contributed by atoms with Gasteiger partial charge < -0.3 is 0 Å². The number of allylic oxidation sites excluding steroid dienone is 7. The minimum absolute atomic E-state index is 0.720. The SMILES string of the molecule is CC(C)=C/C(C)=C/C=C(\C)c1cc(C)c(-c2sc(-c3sc(/C=C(/C)C#N)cc3C)c(S)c2C)s1. The smallest absolute Gasteiger partial charge is 0.0944 e. The number of aryl methyl sites for hydroxylation is 2. The molecule has 176 valence electrons. The molecular weight excluding hydrogens is 491 g/mol. The third kappa shape index (κ3) is 5.93. The number of nitrogens with zero attached hydrogens (tertiary/aromatic N) is 1. The standard InChI is InChI=1S/C29H31NS4/c1-16(2)11-17(3)9-10-19(5)24-14-21(7)26(33-24)28-22(8)25(31)29(34-28)27-20(6)13-23(32-27)12-18(4)15-30/h9-14,31H,1-8H3/b17-9+,18-12-,19-10+. The van der Waals surface area contributed by atoms with E-state index >= 15 is 0 Å². The number of thiol groups is 1. The van der Waals surface area contributed by atoms with Gasteiger partial charge in [-0.15, -0.1) is 46.6 Å². The second-order valence-corrected chi connectivity index (χ2v) is 12.5. The summed E-state index contributed by atoms with van der Waals surface area (Å²) in [6.45, 7) is 16.9.